The Hall–Kier alpha value is -3.56. The summed E-state index contributed by atoms with van der Waals surface area (Å²) in [6.45, 7) is 0. The molecule has 9 heteroatoms. The highest BCUT2D eigenvalue weighted by atomic mass is 32.2. The van der Waals surface area contributed by atoms with Gasteiger partial charge in [0.1, 0.15) is 23.2 Å². The van der Waals surface area contributed by atoms with Crippen molar-refractivity contribution in [2.24, 2.45) is 7.05 Å². The average molecular weight is 508 g/mol. The van der Waals surface area contributed by atoms with E-state index in [9.17, 15) is 13.6 Å². The van der Waals surface area contributed by atoms with Crippen molar-refractivity contribution in [2.45, 2.75) is 11.3 Å². The number of halogens is 2. The summed E-state index contributed by atoms with van der Waals surface area (Å²) in [7, 11) is 1.92. The number of Topliss-reactive ketones (excluding diaryl/α,β-unsaturated/α-hetero) is 1. The van der Waals surface area contributed by atoms with Crippen molar-refractivity contribution in [3.05, 3.63) is 90.4 Å². The Balaban J connectivity index is 1.28. The minimum atomic E-state index is -0.549. The summed E-state index contributed by atoms with van der Waals surface area (Å²) in [6, 6.07) is 14.1. The van der Waals surface area contributed by atoms with Crippen LogP contribution in [0.4, 0.5) is 8.78 Å². The van der Waals surface area contributed by atoms with Gasteiger partial charge in [-0.3, -0.25) is 9.78 Å². The Bertz CT molecular complexity index is 1510. The molecule has 0 N–H and O–H groups in total. The first-order valence-corrected chi connectivity index (χ1v) is 12.5. The lowest BCUT2D eigenvalue weighted by Crippen LogP contribution is -2.06. The van der Waals surface area contributed by atoms with E-state index in [1.807, 2.05) is 23.9 Å². The summed E-state index contributed by atoms with van der Waals surface area (Å²) in [5, 5.41) is 0. The van der Waals surface area contributed by atoms with Crippen molar-refractivity contribution < 1.29 is 18.3 Å². The maximum atomic E-state index is 14.9. The zero-order valence-electron chi connectivity index (χ0n) is 18.6. The summed E-state index contributed by atoms with van der Waals surface area (Å²) in [5.41, 5.74) is 1.31. The number of carbonyl (C=O) groups excluding carboxylic acids is 1. The molecule has 3 aromatic heterocycles. The van der Waals surface area contributed by atoms with Crippen LogP contribution in [-0.2, 0) is 18.3 Å². The zero-order chi connectivity index (χ0) is 24.4. The van der Waals surface area contributed by atoms with Crippen molar-refractivity contribution in [2.75, 3.05) is 5.75 Å². The molecule has 0 aliphatic carbocycles. The van der Waals surface area contributed by atoms with E-state index in [4.69, 9.17) is 4.74 Å². The number of thiophene rings is 1. The van der Waals surface area contributed by atoms with Gasteiger partial charge in [-0.2, -0.15) is 0 Å². The van der Waals surface area contributed by atoms with Crippen LogP contribution >= 0.6 is 23.1 Å². The average Bonchev–Trinajstić information content (AvgIpc) is 3.47. The third-order valence-electron chi connectivity index (χ3n) is 5.25. The van der Waals surface area contributed by atoms with Crippen LogP contribution in [0, 0.1) is 11.6 Å². The number of pyridine rings is 1. The monoisotopic (exact) mass is 507 g/mol. The van der Waals surface area contributed by atoms with Crippen LogP contribution in [0.15, 0.2) is 78.1 Å². The van der Waals surface area contributed by atoms with Crippen molar-refractivity contribution in [1.82, 2.24) is 14.5 Å². The molecule has 0 atom stereocenters. The van der Waals surface area contributed by atoms with Gasteiger partial charge in [0.25, 0.3) is 0 Å². The van der Waals surface area contributed by atoms with Gasteiger partial charge in [0, 0.05) is 43.0 Å². The number of fused-ring (bicyclic) bond motifs is 1. The Morgan fingerprint density at radius 3 is 2.60 bits per heavy atom. The summed E-state index contributed by atoms with van der Waals surface area (Å²) >= 11 is 2.80. The van der Waals surface area contributed by atoms with E-state index in [2.05, 4.69) is 9.97 Å². The lowest BCUT2D eigenvalue weighted by atomic mass is 10.1. The van der Waals surface area contributed by atoms with Crippen LogP contribution < -0.4 is 4.74 Å². The lowest BCUT2D eigenvalue weighted by molar-refractivity contribution is -0.116. The van der Waals surface area contributed by atoms with Crippen LogP contribution in [0.25, 0.3) is 20.9 Å². The van der Waals surface area contributed by atoms with E-state index in [-0.39, 0.29) is 29.5 Å². The van der Waals surface area contributed by atoms with Crippen LogP contribution in [-0.4, -0.2) is 26.1 Å². The van der Waals surface area contributed by atoms with Gasteiger partial charge in [-0.25, -0.2) is 13.8 Å². The summed E-state index contributed by atoms with van der Waals surface area (Å²) in [4.78, 5) is 22.9. The number of hydrogen-bond acceptors (Lipinski definition) is 6. The quantitative estimate of drug-likeness (QED) is 0.220. The molecular weight excluding hydrogens is 488 g/mol. The number of ether oxygens (including phenoxy) is 1. The number of hydrogen-bond donors (Lipinski definition) is 0. The minimum absolute atomic E-state index is 0.0522. The van der Waals surface area contributed by atoms with Crippen LogP contribution in [0.1, 0.15) is 5.56 Å². The largest absolute Gasteiger partial charge is 0.453 e. The van der Waals surface area contributed by atoms with Crippen LogP contribution in [0.3, 0.4) is 0 Å². The predicted octanol–water partition coefficient (Wildman–Crippen LogP) is 6.67. The fourth-order valence-electron chi connectivity index (χ4n) is 3.54. The number of aryl methyl sites for hydroxylation is 1. The van der Waals surface area contributed by atoms with Crippen molar-refractivity contribution in [1.29, 1.82) is 0 Å². The van der Waals surface area contributed by atoms with E-state index >= 15 is 0 Å². The molecule has 0 unspecified atom stereocenters. The topological polar surface area (TPSA) is 57.0 Å². The molecule has 0 radical (unpaired) electrons. The molecule has 35 heavy (non-hydrogen) atoms. The van der Waals surface area contributed by atoms with Crippen molar-refractivity contribution >= 4 is 39.1 Å². The highest BCUT2D eigenvalue weighted by Crippen LogP contribution is 2.39. The highest BCUT2D eigenvalue weighted by Gasteiger charge is 2.15. The molecule has 0 amide bonds. The zero-order valence-corrected chi connectivity index (χ0v) is 20.2. The van der Waals surface area contributed by atoms with Gasteiger partial charge in [0.2, 0.25) is 0 Å². The molecule has 5 aromatic rings. The molecule has 5 nitrogen and oxygen atoms in total. The molecule has 0 fully saturated rings. The SMILES string of the molecule is Cn1ccnc1-c1cc2nccc(Oc3ccc(CC(=O)CSc4ccc(F)cc4)cc3F)c2s1. The fraction of sp³-hybridized carbons (Fsp3) is 0.115. The second kappa shape index (κ2) is 9.97. The van der Waals surface area contributed by atoms with Crippen molar-refractivity contribution in [3.63, 3.8) is 0 Å². The third kappa shape index (κ3) is 5.26. The standard InChI is InChI=1S/C26H19F2N3O2S2/c1-31-11-10-30-26(31)24-14-21-25(35-24)23(8-9-29-21)33-22-7-2-16(13-20(22)28)12-18(32)15-34-19-5-3-17(27)4-6-19/h2-11,13-14H,12,15H2,1H3. The van der Waals surface area contributed by atoms with E-state index in [1.54, 1.807) is 36.7 Å². The molecule has 2 aromatic carbocycles. The fourth-order valence-corrected chi connectivity index (χ4v) is 5.40. The molecule has 0 spiro atoms. The molecule has 176 valence electrons. The van der Waals surface area contributed by atoms with Crippen LogP contribution in [0.5, 0.6) is 11.5 Å². The molecule has 0 saturated carbocycles. The summed E-state index contributed by atoms with van der Waals surface area (Å²) in [5.74, 6) is 0.684. The van der Waals surface area contributed by atoms with Gasteiger partial charge in [-0.05, 0) is 48.0 Å². The Labute approximate surface area is 208 Å². The number of rotatable bonds is 8. The normalized spacial score (nSPS) is 11.2. The van der Waals surface area contributed by atoms with E-state index in [0.717, 1.165) is 25.8 Å². The number of ketones is 1. The Morgan fingerprint density at radius 1 is 1.03 bits per heavy atom. The molecule has 5 rings (SSSR count). The molecular formula is C26H19F2N3O2S2. The van der Waals surface area contributed by atoms with Gasteiger partial charge in [0.15, 0.2) is 11.6 Å². The van der Waals surface area contributed by atoms with Gasteiger partial charge >= 0.3 is 0 Å². The first-order valence-electron chi connectivity index (χ1n) is 10.7. The number of imidazole rings is 1. The molecule has 0 aliphatic rings. The van der Waals surface area contributed by atoms with Crippen molar-refractivity contribution in [3.8, 4) is 22.2 Å². The molecule has 0 aliphatic heterocycles. The molecule has 0 saturated heterocycles. The van der Waals surface area contributed by atoms with Gasteiger partial charge in [0.05, 0.1) is 20.8 Å². The molecule has 3 heterocycles. The summed E-state index contributed by atoms with van der Waals surface area (Å²) in [6.07, 6.45) is 5.32. The third-order valence-corrected chi connectivity index (χ3v) is 7.45. The number of carbonyl (C=O) groups is 1. The van der Waals surface area contributed by atoms with Gasteiger partial charge in [-0.1, -0.05) is 6.07 Å². The van der Waals surface area contributed by atoms with Gasteiger partial charge < -0.3 is 9.30 Å². The molecule has 0 bridgehead atoms. The van der Waals surface area contributed by atoms with Gasteiger partial charge in [-0.15, -0.1) is 23.1 Å². The Morgan fingerprint density at radius 2 is 1.86 bits per heavy atom. The highest BCUT2D eigenvalue weighted by molar-refractivity contribution is 8.00. The number of nitrogens with zero attached hydrogens (tertiary/aromatic N) is 3. The van der Waals surface area contributed by atoms with Crippen LogP contribution in [0.2, 0.25) is 0 Å². The predicted molar refractivity (Wildman–Crippen MR) is 134 cm³/mol. The smallest absolute Gasteiger partial charge is 0.166 e. The van der Waals surface area contributed by atoms with E-state index in [1.165, 1.54) is 47.4 Å². The maximum Gasteiger partial charge on any atom is 0.166 e. The maximum absolute atomic E-state index is 14.9. The summed E-state index contributed by atoms with van der Waals surface area (Å²) < 4.78 is 36.5. The second-order valence-electron chi connectivity index (χ2n) is 7.82. The number of thioether (sulfide) groups is 1. The number of benzene rings is 2. The lowest BCUT2D eigenvalue weighted by Gasteiger charge is -2.09. The number of aromatic nitrogens is 3. The first kappa shape index (κ1) is 23.2. The van der Waals surface area contributed by atoms with E-state index in [0.29, 0.717) is 11.3 Å². The second-order valence-corrected chi connectivity index (χ2v) is 9.92. The Kier molecular flexibility index (Phi) is 6.61. The minimum Gasteiger partial charge on any atom is -0.453 e. The first-order chi connectivity index (χ1) is 17.0. The van der Waals surface area contributed by atoms with E-state index < -0.39 is 5.82 Å².